The maximum Gasteiger partial charge on any atom is 0.160 e. The summed E-state index contributed by atoms with van der Waals surface area (Å²) in [4.78, 5) is 16.0. The van der Waals surface area contributed by atoms with Gasteiger partial charge in [-0.1, -0.05) is 54.6 Å². The van der Waals surface area contributed by atoms with Crippen molar-refractivity contribution in [2.75, 3.05) is 0 Å². The summed E-state index contributed by atoms with van der Waals surface area (Å²) in [6.07, 6.45) is 7.36. The van der Waals surface area contributed by atoms with E-state index in [0.717, 1.165) is 16.5 Å². The third-order valence-corrected chi connectivity index (χ3v) is 3.37. The van der Waals surface area contributed by atoms with Crippen LogP contribution in [0, 0.1) is 0 Å². The van der Waals surface area contributed by atoms with Crippen LogP contribution in [-0.4, -0.2) is 10.8 Å². The summed E-state index contributed by atoms with van der Waals surface area (Å²) in [5, 5.41) is 2.34. The fraction of sp³-hybridized carbons (Fsp3) is 0.0526. The molecule has 2 heteroatoms. The van der Waals surface area contributed by atoms with Crippen molar-refractivity contribution in [1.82, 2.24) is 4.98 Å². The first-order valence-corrected chi connectivity index (χ1v) is 6.90. The lowest BCUT2D eigenvalue weighted by atomic mass is 10.0. The summed E-state index contributed by atoms with van der Waals surface area (Å²) in [6, 6.07) is 18.0. The van der Waals surface area contributed by atoms with Crippen LogP contribution >= 0.6 is 0 Å². The van der Waals surface area contributed by atoms with E-state index in [1.165, 1.54) is 5.39 Å². The van der Waals surface area contributed by atoms with Gasteiger partial charge in [-0.2, -0.15) is 0 Å². The zero-order valence-electron chi connectivity index (χ0n) is 11.6. The highest BCUT2D eigenvalue weighted by Gasteiger charge is 2.01. The van der Waals surface area contributed by atoms with Crippen molar-refractivity contribution in [1.29, 1.82) is 0 Å². The van der Waals surface area contributed by atoms with Crippen molar-refractivity contribution < 1.29 is 4.79 Å². The van der Waals surface area contributed by atoms with Gasteiger partial charge in [0, 0.05) is 18.8 Å². The van der Waals surface area contributed by atoms with E-state index >= 15 is 0 Å². The lowest BCUT2D eigenvalue weighted by Gasteiger charge is -2.01. The molecular formula is C19H15NO. The Labute approximate surface area is 123 Å². The van der Waals surface area contributed by atoms with Crippen molar-refractivity contribution in [2.24, 2.45) is 0 Å². The van der Waals surface area contributed by atoms with Crippen LogP contribution in [0.4, 0.5) is 0 Å². The van der Waals surface area contributed by atoms with Crippen LogP contribution in [0.15, 0.2) is 73.1 Å². The fourth-order valence-electron chi connectivity index (χ4n) is 2.34. The van der Waals surface area contributed by atoms with Crippen LogP contribution < -0.4 is 0 Å². The second-order valence-corrected chi connectivity index (χ2v) is 4.91. The van der Waals surface area contributed by atoms with E-state index in [1.54, 1.807) is 18.5 Å². The highest BCUT2D eigenvalue weighted by atomic mass is 16.1. The Hall–Kier alpha value is -2.74. The van der Waals surface area contributed by atoms with Gasteiger partial charge in [0.15, 0.2) is 5.78 Å². The van der Waals surface area contributed by atoms with E-state index < -0.39 is 0 Å². The molecule has 102 valence electrons. The molecule has 0 saturated carbocycles. The molecule has 0 amide bonds. The van der Waals surface area contributed by atoms with Gasteiger partial charge in [-0.25, -0.2) is 0 Å². The molecule has 0 spiro atoms. The van der Waals surface area contributed by atoms with E-state index in [9.17, 15) is 4.79 Å². The summed E-state index contributed by atoms with van der Waals surface area (Å²) >= 11 is 0. The quantitative estimate of drug-likeness (QED) is 0.671. The Morgan fingerprint density at radius 2 is 1.86 bits per heavy atom. The molecule has 2 nitrogen and oxygen atoms in total. The summed E-state index contributed by atoms with van der Waals surface area (Å²) in [7, 11) is 0. The van der Waals surface area contributed by atoms with Gasteiger partial charge in [-0.15, -0.1) is 0 Å². The van der Waals surface area contributed by atoms with Crippen LogP contribution in [0.25, 0.3) is 16.8 Å². The number of nitrogens with zero attached hydrogens (tertiary/aromatic N) is 1. The average Bonchev–Trinajstić information content (AvgIpc) is 2.54. The van der Waals surface area contributed by atoms with Crippen molar-refractivity contribution in [3.8, 4) is 0 Å². The second kappa shape index (κ2) is 6.14. The van der Waals surface area contributed by atoms with Crippen molar-refractivity contribution in [3.05, 3.63) is 84.2 Å². The molecule has 0 fully saturated rings. The SMILES string of the molecule is O=C(C=Cc1cccc2ccccc12)Cc1cccnc1. The highest BCUT2D eigenvalue weighted by Crippen LogP contribution is 2.19. The maximum atomic E-state index is 12.0. The lowest BCUT2D eigenvalue weighted by molar-refractivity contribution is -0.113. The minimum atomic E-state index is 0.0796. The van der Waals surface area contributed by atoms with Crippen LogP contribution in [0.2, 0.25) is 0 Å². The number of benzene rings is 2. The van der Waals surface area contributed by atoms with E-state index in [1.807, 2.05) is 42.5 Å². The molecule has 0 atom stereocenters. The standard InChI is InChI=1S/C19H15NO/c21-18(13-15-5-4-12-20-14-15)11-10-17-8-3-7-16-6-1-2-9-19(16)17/h1-12,14H,13H2. The number of hydrogen-bond acceptors (Lipinski definition) is 2. The number of rotatable bonds is 4. The van der Waals surface area contributed by atoms with E-state index in [4.69, 9.17) is 0 Å². The summed E-state index contributed by atoms with van der Waals surface area (Å²) in [5.41, 5.74) is 2.00. The monoisotopic (exact) mass is 273 g/mol. The smallest absolute Gasteiger partial charge is 0.160 e. The van der Waals surface area contributed by atoms with Gasteiger partial charge in [0.25, 0.3) is 0 Å². The molecule has 0 aliphatic heterocycles. The molecule has 0 aliphatic carbocycles. The van der Waals surface area contributed by atoms with Crippen LogP contribution in [0.5, 0.6) is 0 Å². The van der Waals surface area contributed by atoms with Crippen LogP contribution in [-0.2, 0) is 11.2 Å². The molecule has 0 saturated heterocycles. The van der Waals surface area contributed by atoms with Crippen molar-refractivity contribution >= 4 is 22.6 Å². The fourth-order valence-corrected chi connectivity index (χ4v) is 2.34. The zero-order valence-corrected chi connectivity index (χ0v) is 11.6. The Bertz CT molecular complexity index is 786. The molecule has 3 aromatic rings. The van der Waals surface area contributed by atoms with E-state index in [2.05, 4.69) is 23.2 Å². The normalized spacial score (nSPS) is 11.0. The third-order valence-electron chi connectivity index (χ3n) is 3.37. The molecule has 0 radical (unpaired) electrons. The number of allylic oxidation sites excluding steroid dienone is 1. The van der Waals surface area contributed by atoms with Gasteiger partial charge in [-0.3, -0.25) is 9.78 Å². The topological polar surface area (TPSA) is 30.0 Å². The Balaban J connectivity index is 1.80. The number of fused-ring (bicyclic) bond motifs is 1. The Morgan fingerprint density at radius 1 is 1.00 bits per heavy atom. The largest absolute Gasteiger partial charge is 0.294 e. The van der Waals surface area contributed by atoms with Crippen LogP contribution in [0.3, 0.4) is 0 Å². The molecule has 0 unspecified atom stereocenters. The predicted octanol–water partition coefficient (Wildman–Crippen LogP) is 4.06. The first kappa shape index (κ1) is 13.3. The first-order valence-electron chi connectivity index (χ1n) is 6.90. The molecule has 2 aromatic carbocycles. The summed E-state index contributed by atoms with van der Waals surface area (Å²) in [5.74, 6) is 0.0796. The molecule has 0 bridgehead atoms. The molecular weight excluding hydrogens is 258 g/mol. The minimum Gasteiger partial charge on any atom is -0.294 e. The van der Waals surface area contributed by atoms with Crippen LogP contribution in [0.1, 0.15) is 11.1 Å². The number of aromatic nitrogens is 1. The van der Waals surface area contributed by atoms with E-state index in [-0.39, 0.29) is 5.78 Å². The van der Waals surface area contributed by atoms with Gasteiger partial charge >= 0.3 is 0 Å². The summed E-state index contributed by atoms with van der Waals surface area (Å²) < 4.78 is 0. The van der Waals surface area contributed by atoms with Crippen molar-refractivity contribution in [3.63, 3.8) is 0 Å². The van der Waals surface area contributed by atoms with Gasteiger partial charge < -0.3 is 0 Å². The Morgan fingerprint density at radius 3 is 2.71 bits per heavy atom. The molecule has 0 aliphatic rings. The van der Waals surface area contributed by atoms with Gasteiger partial charge in [0.05, 0.1) is 0 Å². The molecule has 0 N–H and O–H groups in total. The zero-order chi connectivity index (χ0) is 14.5. The lowest BCUT2D eigenvalue weighted by Crippen LogP contribution is -1.98. The first-order chi connectivity index (χ1) is 10.3. The molecule has 1 heterocycles. The molecule has 3 rings (SSSR count). The average molecular weight is 273 g/mol. The molecule has 21 heavy (non-hydrogen) atoms. The van der Waals surface area contributed by atoms with E-state index in [0.29, 0.717) is 6.42 Å². The molecule has 1 aromatic heterocycles. The number of carbonyl (C=O) groups excluding carboxylic acids is 1. The van der Waals surface area contributed by atoms with Gasteiger partial charge in [0.1, 0.15) is 0 Å². The number of ketones is 1. The van der Waals surface area contributed by atoms with Crippen molar-refractivity contribution in [2.45, 2.75) is 6.42 Å². The Kier molecular flexibility index (Phi) is 3.88. The third kappa shape index (κ3) is 3.23. The van der Waals surface area contributed by atoms with Gasteiger partial charge in [0.2, 0.25) is 0 Å². The summed E-state index contributed by atoms with van der Waals surface area (Å²) in [6.45, 7) is 0. The maximum absolute atomic E-state index is 12.0. The predicted molar refractivity (Wildman–Crippen MR) is 85.9 cm³/mol. The number of pyridine rings is 1. The second-order valence-electron chi connectivity index (χ2n) is 4.91. The number of carbonyl (C=O) groups is 1. The minimum absolute atomic E-state index is 0.0796. The number of hydrogen-bond donors (Lipinski definition) is 0. The highest BCUT2D eigenvalue weighted by molar-refractivity contribution is 5.98. The van der Waals surface area contributed by atoms with Gasteiger partial charge in [-0.05, 0) is 34.0 Å².